The summed E-state index contributed by atoms with van der Waals surface area (Å²) in [5.41, 5.74) is 1.79. The van der Waals surface area contributed by atoms with Crippen LogP contribution < -0.4 is 14.9 Å². The van der Waals surface area contributed by atoms with E-state index < -0.39 is 0 Å². The van der Waals surface area contributed by atoms with Crippen LogP contribution >= 0.6 is 11.6 Å². The Hall–Kier alpha value is -3.24. The van der Waals surface area contributed by atoms with Gasteiger partial charge in [0.05, 0.1) is 12.5 Å². The van der Waals surface area contributed by atoms with Crippen molar-refractivity contribution in [3.8, 4) is 22.8 Å². The molecule has 0 aliphatic carbocycles. The van der Waals surface area contributed by atoms with Crippen LogP contribution in [0.4, 0.5) is 0 Å². The first-order chi connectivity index (χ1) is 13.7. The molecule has 3 aromatic carbocycles. The average Bonchev–Trinajstić information content (AvgIpc) is 2.74. The van der Waals surface area contributed by atoms with Crippen LogP contribution in [-0.4, -0.2) is 7.11 Å². The van der Waals surface area contributed by atoms with Crippen LogP contribution in [0.3, 0.4) is 0 Å². The summed E-state index contributed by atoms with van der Waals surface area (Å²) in [4.78, 5) is 13.1. The van der Waals surface area contributed by atoms with Crippen LogP contribution in [0.1, 0.15) is 5.56 Å². The van der Waals surface area contributed by atoms with E-state index >= 15 is 0 Å². The van der Waals surface area contributed by atoms with Crippen LogP contribution in [0, 0.1) is 0 Å². The molecular formula is C23H17ClO4. The number of hydrogen-bond donors (Lipinski definition) is 0. The van der Waals surface area contributed by atoms with Gasteiger partial charge in [-0.2, -0.15) is 0 Å². The first-order valence-electron chi connectivity index (χ1n) is 8.74. The number of halogens is 1. The third-order valence-electron chi connectivity index (χ3n) is 4.44. The van der Waals surface area contributed by atoms with Gasteiger partial charge >= 0.3 is 0 Å². The number of methoxy groups -OCH3 is 1. The molecule has 28 heavy (non-hydrogen) atoms. The number of hydrogen-bond acceptors (Lipinski definition) is 4. The molecule has 5 heteroatoms. The summed E-state index contributed by atoms with van der Waals surface area (Å²) in [7, 11) is 1.60. The maximum Gasteiger partial charge on any atom is 0.235 e. The molecule has 4 nitrogen and oxygen atoms in total. The molecule has 0 aliphatic heterocycles. The summed E-state index contributed by atoms with van der Waals surface area (Å²) in [6.45, 7) is 0.159. The molecule has 0 N–H and O–H groups in total. The Labute approximate surface area is 166 Å². The van der Waals surface area contributed by atoms with Gasteiger partial charge in [-0.1, -0.05) is 41.9 Å². The molecule has 0 bridgehead atoms. The van der Waals surface area contributed by atoms with Crippen LogP contribution in [-0.2, 0) is 6.61 Å². The topological polar surface area (TPSA) is 48.7 Å². The fraction of sp³-hybridized carbons (Fsp3) is 0.0870. The van der Waals surface area contributed by atoms with Crippen molar-refractivity contribution in [3.63, 3.8) is 0 Å². The summed E-state index contributed by atoms with van der Waals surface area (Å²) < 4.78 is 17.2. The maximum absolute atomic E-state index is 13.1. The lowest BCUT2D eigenvalue weighted by atomic mass is 10.1. The van der Waals surface area contributed by atoms with E-state index in [0.717, 1.165) is 11.1 Å². The maximum atomic E-state index is 13.1. The van der Waals surface area contributed by atoms with Crippen molar-refractivity contribution in [2.24, 2.45) is 0 Å². The molecule has 0 fully saturated rings. The van der Waals surface area contributed by atoms with Crippen molar-refractivity contribution >= 4 is 22.6 Å². The molecule has 0 saturated heterocycles. The van der Waals surface area contributed by atoms with Crippen molar-refractivity contribution in [3.05, 3.63) is 93.6 Å². The lowest BCUT2D eigenvalue weighted by Crippen LogP contribution is -2.10. The fourth-order valence-corrected chi connectivity index (χ4v) is 3.14. The first kappa shape index (κ1) is 18.1. The molecule has 0 saturated carbocycles. The van der Waals surface area contributed by atoms with E-state index in [9.17, 15) is 4.79 Å². The predicted molar refractivity (Wildman–Crippen MR) is 110 cm³/mol. The molecule has 4 aromatic rings. The monoisotopic (exact) mass is 392 g/mol. The highest BCUT2D eigenvalue weighted by atomic mass is 35.5. The van der Waals surface area contributed by atoms with Crippen LogP contribution in [0.5, 0.6) is 11.5 Å². The third-order valence-corrected chi connectivity index (χ3v) is 4.81. The summed E-state index contributed by atoms with van der Waals surface area (Å²) in [6.07, 6.45) is 0. The van der Waals surface area contributed by atoms with Gasteiger partial charge in [0.1, 0.15) is 17.9 Å². The minimum absolute atomic E-state index is 0.156. The van der Waals surface area contributed by atoms with Crippen LogP contribution in [0.25, 0.3) is 22.3 Å². The number of ether oxygens (including phenoxy) is 2. The second-order valence-corrected chi connectivity index (χ2v) is 6.60. The minimum atomic E-state index is -0.222. The summed E-state index contributed by atoms with van der Waals surface area (Å²) >= 11 is 6.22. The number of para-hydroxylation sites is 1. The van der Waals surface area contributed by atoms with E-state index in [1.165, 1.54) is 0 Å². The molecule has 1 heterocycles. The van der Waals surface area contributed by atoms with Gasteiger partial charge in [-0.3, -0.25) is 4.79 Å². The van der Waals surface area contributed by atoms with E-state index in [1.807, 2.05) is 48.5 Å². The molecule has 4 rings (SSSR count). The highest BCUT2D eigenvalue weighted by Gasteiger charge is 2.18. The van der Waals surface area contributed by atoms with E-state index in [-0.39, 0.29) is 17.8 Å². The van der Waals surface area contributed by atoms with Gasteiger partial charge in [-0.25, -0.2) is 0 Å². The Morgan fingerprint density at radius 3 is 2.39 bits per heavy atom. The summed E-state index contributed by atoms with van der Waals surface area (Å²) in [5.74, 6) is 1.24. The number of benzene rings is 3. The SMILES string of the molecule is COc1ccc(-c2oc3ccccc3c(=O)c2OCc2ccccc2Cl)cc1. The lowest BCUT2D eigenvalue weighted by molar-refractivity contribution is 0.298. The number of fused-ring (bicyclic) bond motifs is 1. The van der Waals surface area contributed by atoms with Crippen molar-refractivity contribution in [2.45, 2.75) is 6.61 Å². The van der Waals surface area contributed by atoms with Crippen molar-refractivity contribution in [2.75, 3.05) is 7.11 Å². The van der Waals surface area contributed by atoms with Gasteiger partial charge in [0, 0.05) is 16.1 Å². The predicted octanol–water partition coefficient (Wildman–Crippen LogP) is 5.70. The van der Waals surface area contributed by atoms with Crippen LogP contribution in [0.15, 0.2) is 82.0 Å². The molecule has 1 aromatic heterocycles. The lowest BCUT2D eigenvalue weighted by Gasteiger charge is -2.12. The zero-order valence-corrected chi connectivity index (χ0v) is 15.9. The largest absolute Gasteiger partial charge is 0.497 e. The zero-order chi connectivity index (χ0) is 19.5. The Bertz CT molecular complexity index is 1180. The Morgan fingerprint density at radius 1 is 0.929 bits per heavy atom. The van der Waals surface area contributed by atoms with Gasteiger partial charge in [-0.15, -0.1) is 0 Å². The zero-order valence-electron chi connectivity index (χ0n) is 15.1. The third kappa shape index (κ3) is 3.47. The molecule has 0 radical (unpaired) electrons. The Kier molecular flexibility index (Phi) is 5.04. The van der Waals surface area contributed by atoms with Crippen molar-refractivity contribution in [1.29, 1.82) is 0 Å². The van der Waals surface area contributed by atoms with Gasteiger partial charge in [0.15, 0.2) is 5.76 Å². The molecule has 0 spiro atoms. The minimum Gasteiger partial charge on any atom is -0.497 e. The van der Waals surface area contributed by atoms with Gasteiger partial charge < -0.3 is 13.9 Å². The van der Waals surface area contributed by atoms with Crippen molar-refractivity contribution in [1.82, 2.24) is 0 Å². The highest BCUT2D eigenvalue weighted by Crippen LogP contribution is 2.32. The molecule has 0 aliphatic rings. The summed E-state index contributed by atoms with van der Waals surface area (Å²) in [6, 6.07) is 21.7. The highest BCUT2D eigenvalue weighted by molar-refractivity contribution is 6.31. The van der Waals surface area contributed by atoms with E-state index in [2.05, 4.69) is 0 Å². The first-order valence-corrected chi connectivity index (χ1v) is 9.11. The molecule has 0 unspecified atom stereocenters. The standard InChI is InChI=1S/C23H17ClO4/c1-26-17-12-10-15(11-13-17)22-23(27-14-16-6-2-4-8-19(16)24)21(25)18-7-3-5-9-20(18)28-22/h2-13H,14H2,1H3. The normalized spacial score (nSPS) is 10.8. The van der Waals surface area contributed by atoms with Crippen molar-refractivity contribution < 1.29 is 13.9 Å². The van der Waals surface area contributed by atoms with Crippen LogP contribution in [0.2, 0.25) is 5.02 Å². The fourth-order valence-electron chi connectivity index (χ4n) is 2.95. The quantitative estimate of drug-likeness (QED) is 0.437. The smallest absolute Gasteiger partial charge is 0.235 e. The second-order valence-electron chi connectivity index (χ2n) is 6.19. The second kappa shape index (κ2) is 7.79. The Balaban J connectivity index is 1.83. The molecule has 0 atom stereocenters. The van der Waals surface area contributed by atoms with Gasteiger partial charge in [-0.05, 0) is 42.5 Å². The molecule has 140 valence electrons. The summed E-state index contributed by atoms with van der Waals surface area (Å²) in [5, 5.41) is 1.05. The Morgan fingerprint density at radius 2 is 1.64 bits per heavy atom. The average molecular weight is 393 g/mol. The van der Waals surface area contributed by atoms with E-state index in [1.54, 1.807) is 31.4 Å². The van der Waals surface area contributed by atoms with E-state index in [0.29, 0.717) is 27.5 Å². The van der Waals surface area contributed by atoms with E-state index in [4.69, 9.17) is 25.5 Å². The van der Waals surface area contributed by atoms with Gasteiger partial charge in [0.2, 0.25) is 11.2 Å². The molecular weight excluding hydrogens is 376 g/mol. The molecule has 0 amide bonds. The van der Waals surface area contributed by atoms with Gasteiger partial charge in [0.25, 0.3) is 0 Å². The number of rotatable bonds is 5.